The van der Waals surface area contributed by atoms with Gasteiger partial charge in [-0.25, -0.2) is 4.98 Å². The highest BCUT2D eigenvalue weighted by Gasteiger charge is 2.13. The number of hydrogen-bond donors (Lipinski definition) is 1. The number of pyridine rings is 1. The summed E-state index contributed by atoms with van der Waals surface area (Å²) in [7, 11) is 0. The van der Waals surface area contributed by atoms with Crippen LogP contribution in [0.4, 0.5) is 0 Å². The summed E-state index contributed by atoms with van der Waals surface area (Å²) in [6, 6.07) is 13.8. The lowest BCUT2D eigenvalue weighted by molar-refractivity contribution is -0.107. The van der Waals surface area contributed by atoms with Crippen LogP contribution >= 0.6 is 0 Å². The van der Waals surface area contributed by atoms with Crippen LogP contribution in [0.15, 0.2) is 54.9 Å². The van der Waals surface area contributed by atoms with Crippen molar-refractivity contribution in [3.63, 3.8) is 0 Å². The molecule has 98 valence electrons. The fourth-order valence-corrected chi connectivity index (χ4v) is 2.13. The van der Waals surface area contributed by atoms with Crippen molar-refractivity contribution in [1.82, 2.24) is 15.0 Å². The zero-order chi connectivity index (χ0) is 13.8. The fourth-order valence-electron chi connectivity index (χ4n) is 2.13. The minimum Gasteiger partial charge on any atom is -0.341 e. The topological polar surface area (TPSA) is 58.6 Å². The average molecular weight is 263 g/mol. The molecule has 2 aromatic heterocycles. The van der Waals surface area contributed by atoms with Gasteiger partial charge in [0, 0.05) is 23.5 Å². The van der Waals surface area contributed by atoms with Gasteiger partial charge in [-0.3, -0.25) is 4.98 Å². The number of aldehydes is 1. The van der Waals surface area contributed by atoms with E-state index >= 15 is 0 Å². The first-order valence-corrected chi connectivity index (χ1v) is 6.37. The summed E-state index contributed by atoms with van der Waals surface area (Å²) in [5.41, 5.74) is 3.79. The highest BCUT2D eigenvalue weighted by Crippen LogP contribution is 2.29. The van der Waals surface area contributed by atoms with Gasteiger partial charge in [0.2, 0.25) is 0 Å². The number of H-pyrrole nitrogens is 1. The van der Waals surface area contributed by atoms with Crippen LogP contribution in [-0.4, -0.2) is 21.2 Å². The molecule has 0 atom stereocenters. The Morgan fingerprint density at radius 3 is 2.45 bits per heavy atom. The molecule has 1 N–H and O–H groups in total. The molecule has 0 fully saturated rings. The molecule has 0 saturated heterocycles. The lowest BCUT2D eigenvalue weighted by Gasteiger charge is -2.02. The van der Waals surface area contributed by atoms with Crippen molar-refractivity contribution >= 4 is 6.29 Å². The number of aromatic amines is 1. The summed E-state index contributed by atoms with van der Waals surface area (Å²) in [5, 5.41) is 0. The Morgan fingerprint density at radius 1 is 1.00 bits per heavy atom. The van der Waals surface area contributed by atoms with Crippen molar-refractivity contribution in [2.45, 2.75) is 6.42 Å². The van der Waals surface area contributed by atoms with Crippen LogP contribution in [0, 0.1) is 0 Å². The first-order chi connectivity index (χ1) is 9.88. The molecule has 0 aliphatic rings. The molecule has 0 aliphatic carbocycles. The zero-order valence-electron chi connectivity index (χ0n) is 10.8. The van der Waals surface area contributed by atoms with Gasteiger partial charge in [-0.15, -0.1) is 0 Å². The second-order valence-electron chi connectivity index (χ2n) is 4.38. The largest absolute Gasteiger partial charge is 0.341 e. The minimum atomic E-state index is 0.283. The highest BCUT2D eigenvalue weighted by molar-refractivity contribution is 5.78. The van der Waals surface area contributed by atoms with Gasteiger partial charge in [0.1, 0.15) is 12.1 Å². The van der Waals surface area contributed by atoms with E-state index in [0.717, 1.165) is 28.8 Å². The van der Waals surface area contributed by atoms with E-state index in [2.05, 4.69) is 15.0 Å². The van der Waals surface area contributed by atoms with Gasteiger partial charge < -0.3 is 9.78 Å². The van der Waals surface area contributed by atoms with Crippen LogP contribution in [0.1, 0.15) is 5.82 Å². The van der Waals surface area contributed by atoms with E-state index in [4.69, 9.17) is 0 Å². The molecule has 0 unspecified atom stereocenters. The third-order valence-corrected chi connectivity index (χ3v) is 3.05. The van der Waals surface area contributed by atoms with E-state index in [9.17, 15) is 4.79 Å². The van der Waals surface area contributed by atoms with Crippen molar-refractivity contribution < 1.29 is 4.79 Å². The number of hydrogen-bond acceptors (Lipinski definition) is 3. The maximum atomic E-state index is 10.7. The van der Waals surface area contributed by atoms with E-state index in [-0.39, 0.29) is 6.42 Å². The zero-order valence-corrected chi connectivity index (χ0v) is 10.8. The normalized spacial score (nSPS) is 10.4. The lowest BCUT2D eigenvalue weighted by Crippen LogP contribution is -1.88. The molecule has 3 aromatic rings. The number of nitrogens with one attached hydrogen (secondary N) is 1. The van der Waals surface area contributed by atoms with Crippen LogP contribution in [0.2, 0.25) is 0 Å². The molecular weight excluding hydrogens is 250 g/mol. The summed E-state index contributed by atoms with van der Waals surface area (Å²) in [4.78, 5) is 22.5. The van der Waals surface area contributed by atoms with Crippen molar-refractivity contribution in [3.8, 4) is 22.5 Å². The SMILES string of the molecule is O=CCc1nc(-c2ccccc2)c(-c2ccncc2)[nH]1. The van der Waals surface area contributed by atoms with Gasteiger partial charge >= 0.3 is 0 Å². The summed E-state index contributed by atoms with van der Waals surface area (Å²) in [6.07, 6.45) is 4.61. The van der Waals surface area contributed by atoms with E-state index in [0.29, 0.717) is 5.82 Å². The van der Waals surface area contributed by atoms with E-state index in [1.807, 2.05) is 42.5 Å². The molecule has 0 radical (unpaired) electrons. The molecular formula is C16H13N3O. The monoisotopic (exact) mass is 263 g/mol. The number of carbonyl (C=O) groups is 1. The van der Waals surface area contributed by atoms with E-state index < -0.39 is 0 Å². The standard InChI is InChI=1S/C16H13N3O/c20-11-8-14-18-15(12-4-2-1-3-5-12)16(19-14)13-6-9-17-10-7-13/h1-7,9-11H,8H2,(H,18,19). The van der Waals surface area contributed by atoms with Crippen LogP contribution in [0.5, 0.6) is 0 Å². The fraction of sp³-hybridized carbons (Fsp3) is 0.0625. The second kappa shape index (κ2) is 5.48. The highest BCUT2D eigenvalue weighted by atomic mass is 16.1. The molecule has 1 aromatic carbocycles. The van der Waals surface area contributed by atoms with Gasteiger partial charge in [-0.2, -0.15) is 0 Å². The number of carbonyl (C=O) groups excluding carboxylic acids is 1. The van der Waals surface area contributed by atoms with Crippen molar-refractivity contribution in [2.75, 3.05) is 0 Å². The predicted molar refractivity (Wildman–Crippen MR) is 77.0 cm³/mol. The maximum absolute atomic E-state index is 10.7. The first kappa shape index (κ1) is 12.3. The molecule has 0 bridgehead atoms. The predicted octanol–water partition coefficient (Wildman–Crippen LogP) is 2.88. The number of imidazole rings is 1. The van der Waals surface area contributed by atoms with E-state index in [1.54, 1.807) is 12.4 Å². The number of nitrogens with zero attached hydrogens (tertiary/aromatic N) is 2. The third-order valence-electron chi connectivity index (χ3n) is 3.05. The summed E-state index contributed by atoms with van der Waals surface area (Å²) in [5.74, 6) is 0.672. The van der Waals surface area contributed by atoms with Crippen molar-refractivity contribution in [3.05, 3.63) is 60.7 Å². The molecule has 0 spiro atoms. The van der Waals surface area contributed by atoms with Crippen LogP contribution in [-0.2, 0) is 11.2 Å². The number of benzene rings is 1. The van der Waals surface area contributed by atoms with Crippen LogP contribution in [0.3, 0.4) is 0 Å². The molecule has 4 nitrogen and oxygen atoms in total. The van der Waals surface area contributed by atoms with Gasteiger partial charge in [-0.1, -0.05) is 30.3 Å². The first-order valence-electron chi connectivity index (χ1n) is 6.37. The number of aromatic nitrogens is 3. The third kappa shape index (κ3) is 2.36. The van der Waals surface area contributed by atoms with E-state index in [1.165, 1.54) is 0 Å². The molecule has 4 heteroatoms. The molecule has 3 rings (SSSR count). The minimum absolute atomic E-state index is 0.283. The average Bonchev–Trinajstić information content (AvgIpc) is 2.93. The smallest absolute Gasteiger partial charge is 0.127 e. The van der Waals surface area contributed by atoms with Gasteiger partial charge in [0.05, 0.1) is 17.8 Å². The maximum Gasteiger partial charge on any atom is 0.127 e. The molecule has 0 amide bonds. The molecule has 20 heavy (non-hydrogen) atoms. The second-order valence-corrected chi connectivity index (χ2v) is 4.38. The Hall–Kier alpha value is -2.75. The Labute approximate surface area is 116 Å². The summed E-state index contributed by atoms with van der Waals surface area (Å²) in [6.45, 7) is 0. The quantitative estimate of drug-likeness (QED) is 0.736. The van der Waals surface area contributed by atoms with Crippen molar-refractivity contribution in [2.24, 2.45) is 0 Å². The van der Waals surface area contributed by atoms with Gasteiger partial charge in [0.25, 0.3) is 0 Å². The Kier molecular flexibility index (Phi) is 3.37. The molecule has 2 heterocycles. The van der Waals surface area contributed by atoms with Crippen LogP contribution < -0.4 is 0 Å². The van der Waals surface area contributed by atoms with Crippen molar-refractivity contribution in [1.29, 1.82) is 0 Å². The Balaban J connectivity index is 2.15. The Bertz CT molecular complexity index is 648. The summed E-state index contributed by atoms with van der Waals surface area (Å²) < 4.78 is 0. The van der Waals surface area contributed by atoms with Gasteiger partial charge in [-0.05, 0) is 12.1 Å². The summed E-state index contributed by atoms with van der Waals surface area (Å²) >= 11 is 0. The van der Waals surface area contributed by atoms with Gasteiger partial charge in [0.15, 0.2) is 0 Å². The number of rotatable bonds is 4. The van der Waals surface area contributed by atoms with Crippen LogP contribution in [0.25, 0.3) is 22.5 Å². The Morgan fingerprint density at radius 2 is 1.75 bits per heavy atom. The molecule has 0 aliphatic heterocycles. The molecule has 0 saturated carbocycles. The lowest BCUT2D eigenvalue weighted by atomic mass is 10.1.